The zero-order chi connectivity index (χ0) is 17.0. The molecule has 0 amide bonds. The van der Waals surface area contributed by atoms with E-state index < -0.39 is 6.43 Å². The van der Waals surface area contributed by atoms with Gasteiger partial charge in [0, 0.05) is 6.42 Å². The minimum Gasteiger partial charge on any atom is -0.211 e. The first kappa shape index (κ1) is 22.9. The monoisotopic (exact) mass is 332 g/mol. The Morgan fingerprint density at radius 1 is 0.435 bits per heavy atom. The molecular weight excluding hydrogens is 290 g/mol. The number of hydrogen-bond donors (Lipinski definition) is 0. The lowest BCUT2D eigenvalue weighted by atomic mass is 10.0. The quantitative estimate of drug-likeness (QED) is 0.207. The van der Waals surface area contributed by atoms with E-state index in [0.29, 0.717) is 6.42 Å². The van der Waals surface area contributed by atoms with Gasteiger partial charge in [-0.3, -0.25) is 0 Å². The summed E-state index contributed by atoms with van der Waals surface area (Å²) in [6, 6.07) is 0. The maximum absolute atomic E-state index is 11.9. The Labute approximate surface area is 144 Å². The van der Waals surface area contributed by atoms with Crippen LogP contribution in [0.25, 0.3) is 0 Å². The fourth-order valence-corrected chi connectivity index (χ4v) is 3.20. The Morgan fingerprint density at radius 3 is 0.957 bits per heavy atom. The van der Waals surface area contributed by atoms with E-state index in [1.807, 2.05) is 0 Å². The lowest BCUT2D eigenvalue weighted by molar-refractivity contribution is 0.133. The predicted molar refractivity (Wildman–Crippen MR) is 99.4 cm³/mol. The first-order chi connectivity index (χ1) is 11.3. The molecule has 0 atom stereocenters. The van der Waals surface area contributed by atoms with Crippen molar-refractivity contribution in [3.63, 3.8) is 0 Å². The van der Waals surface area contributed by atoms with Crippen molar-refractivity contribution < 1.29 is 8.78 Å². The summed E-state index contributed by atoms with van der Waals surface area (Å²) in [5, 5.41) is 0. The highest BCUT2D eigenvalue weighted by Crippen LogP contribution is 2.15. The van der Waals surface area contributed by atoms with Crippen LogP contribution in [0, 0.1) is 0 Å². The normalized spacial score (nSPS) is 11.5. The largest absolute Gasteiger partial charge is 0.238 e. The molecule has 0 radical (unpaired) electrons. The third-order valence-corrected chi connectivity index (χ3v) is 4.78. The van der Waals surface area contributed by atoms with Gasteiger partial charge >= 0.3 is 0 Å². The van der Waals surface area contributed by atoms with Crippen LogP contribution in [0.4, 0.5) is 8.78 Å². The van der Waals surface area contributed by atoms with E-state index >= 15 is 0 Å². The molecule has 0 rings (SSSR count). The van der Waals surface area contributed by atoms with Crippen LogP contribution in [0.3, 0.4) is 0 Å². The van der Waals surface area contributed by atoms with Gasteiger partial charge in [0.25, 0.3) is 0 Å². The highest BCUT2D eigenvalue weighted by atomic mass is 19.3. The van der Waals surface area contributed by atoms with Crippen molar-refractivity contribution in [3.8, 4) is 0 Å². The van der Waals surface area contributed by atoms with Gasteiger partial charge in [-0.25, -0.2) is 8.78 Å². The molecule has 0 nitrogen and oxygen atoms in total. The average Bonchev–Trinajstić information content (AvgIpc) is 2.53. The first-order valence-corrected chi connectivity index (χ1v) is 10.6. The SMILES string of the molecule is CCCCCCCCCCCCCCCCCCCCC(F)F. The molecule has 0 saturated heterocycles. The van der Waals surface area contributed by atoms with Gasteiger partial charge in [-0.05, 0) is 6.42 Å². The van der Waals surface area contributed by atoms with Gasteiger partial charge < -0.3 is 0 Å². The molecule has 0 aliphatic rings. The molecule has 0 heterocycles. The van der Waals surface area contributed by atoms with Crippen LogP contribution in [0.1, 0.15) is 129 Å². The molecule has 0 aromatic rings. The van der Waals surface area contributed by atoms with Crippen molar-refractivity contribution in [1.29, 1.82) is 0 Å². The Balaban J connectivity index is 2.95. The summed E-state index contributed by atoms with van der Waals surface area (Å²) < 4.78 is 23.9. The van der Waals surface area contributed by atoms with E-state index in [-0.39, 0.29) is 6.42 Å². The van der Waals surface area contributed by atoms with Gasteiger partial charge in [0.05, 0.1) is 0 Å². The second kappa shape index (κ2) is 19.9. The maximum Gasteiger partial charge on any atom is 0.238 e. The van der Waals surface area contributed by atoms with E-state index in [9.17, 15) is 8.78 Å². The van der Waals surface area contributed by atoms with E-state index in [1.54, 1.807) is 0 Å². The van der Waals surface area contributed by atoms with Crippen molar-refractivity contribution in [2.75, 3.05) is 0 Å². The zero-order valence-electron chi connectivity index (χ0n) is 15.8. The first-order valence-electron chi connectivity index (χ1n) is 10.6. The summed E-state index contributed by atoms with van der Waals surface area (Å²) >= 11 is 0. The molecule has 0 fully saturated rings. The van der Waals surface area contributed by atoms with Gasteiger partial charge in [0.2, 0.25) is 6.43 Å². The smallest absolute Gasteiger partial charge is 0.211 e. The fourth-order valence-electron chi connectivity index (χ4n) is 3.20. The minimum absolute atomic E-state index is 0.0960. The maximum atomic E-state index is 11.9. The molecule has 0 spiro atoms. The van der Waals surface area contributed by atoms with Crippen LogP contribution >= 0.6 is 0 Å². The van der Waals surface area contributed by atoms with Crippen molar-refractivity contribution in [1.82, 2.24) is 0 Å². The van der Waals surface area contributed by atoms with Crippen LogP contribution in [0.2, 0.25) is 0 Å². The number of halogens is 2. The molecule has 0 aromatic carbocycles. The van der Waals surface area contributed by atoms with E-state index in [0.717, 1.165) is 12.8 Å². The number of unbranched alkanes of at least 4 members (excludes halogenated alkanes) is 17. The molecule has 0 N–H and O–H groups in total. The van der Waals surface area contributed by atoms with E-state index in [4.69, 9.17) is 0 Å². The molecule has 0 aromatic heterocycles. The lowest BCUT2D eigenvalue weighted by Gasteiger charge is -2.04. The number of rotatable bonds is 19. The van der Waals surface area contributed by atoms with Crippen molar-refractivity contribution in [2.24, 2.45) is 0 Å². The highest BCUT2D eigenvalue weighted by Gasteiger charge is 2.00. The van der Waals surface area contributed by atoms with Crippen LogP contribution in [0.5, 0.6) is 0 Å². The Hall–Kier alpha value is -0.140. The third-order valence-electron chi connectivity index (χ3n) is 4.78. The summed E-state index contributed by atoms with van der Waals surface area (Å²) in [4.78, 5) is 0. The summed E-state index contributed by atoms with van der Waals surface area (Å²) in [6.07, 6.45) is 21.7. The molecule has 0 bridgehead atoms. The van der Waals surface area contributed by atoms with Crippen LogP contribution < -0.4 is 0 Å². The molecule has 140 valence electrons. The standard InChI is InChI=1S/C21H42F2/c1-2-3-4-5-6-7-8-9-10-11-12-13-14-15-16-17-18-19-20-21(22)23/h21H,2-20H2,1H3. The Kier molecular flexibility index (Phi) is 19.8. The average molecular weight is 333 g/mol. The van der Waals surface area contributed by atoms with Crippen LogP contribution in [0.15, 0.2) is 0 Å². The molecule has 0 aliphatic heterocycles. The van der Waals surface area contributed by atoms with E-state index in [2.05, 4.69) is 6.92 Å². The number of hydrogen-bond acceptors (Lipinski definition) is 0. The molecule has 0 unspecified atom stereocenters. The van der Waals surface area contributed by atoms with Crippen LogP contribution in [-0.2, 0) is 0 Å². The molecule has 2 heteroatoms. The molecule has 0 saturated carbocycles. The van der Waals surface area contributed by atoms with Gasteiger partial charge in [-0.1, -0.05) is 116 Å². The molecule has 0 aliphatic carbocycles. The van der Waals surface area contributed by atoms with Gasteiger partial charge in [0.1, 0.15) is 0 Å². The van der Waals surface area contributed by atoms with Crippen LogP contribution in [-0.4, -0.2) is 6.43 Å². The fraction of sp³-hybridized carbons (Fsp3) is 1.00. The van der Waals surface area contributed by atoms with Gasteiger partial charge in [0.15, 0.2) is 0 Å². The zero-order valence-corrected chi connectivity index (χ0v) is 15.8. The summed E-state index contributed by atoms with van der Waals surface area (Å²) in [7, 11) is 0. The van der Waals surface area contributed by atoms with Crippen molar-refractivity contribution in [3.05, 3.63) is 0 Å². The van der Waals surface area contributed by atoms with Crippen molar-refractivity contribution >= 4 is 0 Å². The third kappa shape index (κ3) is 21.9. The summed E-state index contributed by atoms with van der Waals surface area (Å²) in [5.74, 6) is 0. The predicted octanol–water partition coefficient (Wildman–Crippen LogP) is 8.68. The topological polar surface area (TPSA) is 0 Å². The van der Waals surface area contributed by atoms with Gasteiger partial charge in [-0.15, -0.1) is 0 Å². The highest BCUT2D eigenvalue weighted by molar-refractivity contribution is 4.51. The minimum atomic E-state index is -2.10. The molecule has 23 heavy (non-hydrogen) atoms. The Morgan fingerprint density at radius 2 is 0.696 bits per heavy atom. The second-order valence-electron chi connectivity index (χ2n) is 7.19. The van der Waals surface area contributed by atoms with Gasteiger partial charge in [-0.2, -0.15) is 0 Å². The van der Waals surface area contributed by atoms with E-state index in [1.165, 1.54) is 96.3 Å². The second-order valence-corrected chi connectivity index (χ2v) is 7.19. The Bertz CT molecular complexity index is 204. The summed E-state index contributed by atoms with van der Waals surface area (Å²) in [6.45, 7) is 2.27. The van der Waals surface area contributed by atoms with Crippen molar-refractivity contribution in [2.45, 2.75) is 135 Å². The lowest BCUT2D eigenvalue weighted by Crippen LogP contribution is -1.89. The summed E-state index contributed by atoms with van der Waals surface area (Å²) in [5.41, 5.74) is 0. The number of alkyl halides is 2. The molecular formula is C21H42F2.